The summed E-state index contributed by atoms with van der Waals surface area (Å²) in [5.41, 5.74) is 9.64. The normalized spacial score (nSPS) is 12.0. The molecule has 9 rings (SSSR count). The van der Waals surface area contributed by atoms with Crippen LogP contribution >= 0.6 is 0 Å². The Morgan fingerprint density at radius 3 is 1.64 bits per heavy atom. The molecule has 4 heteroatoms. The fourth-order valence-electron chi connectivity index (χ4n) is 6.67. The zero-order valence-corrected chi connectivity index (χ0v) is 25.3. The van der Waals surface area contributed by atoms with E-state index in [1.54, 1.807) is 0 Å². The first kappa shape index (κ1) is 27.0. The summed E-state index contributed by atoms with van der Waals surface area (Å²) in [5.74, 6) is 1.58. The second-order valence-corrected chi connectivity index (χ2v) is 11.7. The highest BCUT2D eigenvalue weighted by atomic mass is 16.5. The molecule has 0 amide bonds. The van der Waals surface area contributed by atoms with Crippen molar-refractivity contribution < 1.29 is 9.15 Å². The minimum absolute atomic E-state index is 0.330. The fourth-order valence-corrected chi connectivity index (χ4v) is 6.67. The SMILES string of the molecule is O=c1oc2ccccc2c2c(-c3ccc(N4c5ccc(-c6ccccc6)cc5Oc5cc(-c6ccccc6)ccc54)cc3)cccc12. The number of para-hydroxylation sites is 1. The lowest BCUT2D eigenvalue weighted by Crippen LogP contribution is -2.16. The largest absolute Gasteiger partial charge is 0.453 e. The van der Waals surface area contributed by atoms with Crippen molar-refractivity contribution in [3.8, 4) is 44.9 Å². The molecular formula is C43H27NO3. The second-order valence-electron chi connectivity index (χ2n) is 11.7. The maximum absolute atomic E-state index is 12.9. The highest BCUT2D eigenvalue weighted by molar-refractivity contribution is 6.12. The summed E-state index contributed by atoms with van der Waals surface area (Å²) < 4.78 is 12.3. The van der Waals surface area contributed by atoms with Crippen molar-refractivity contribution in [1.82, 2.24) is 0 Å². The summed E-state index contributed by atoms with van der Waals surface area (Å²) in [7, 11) is 0. The van der Waals surface area contributed by atoms with Crippen molar-refractivity contribution in [3.05, 3.63) is 174 Å². The van der Waals surface area contributed by atoms with E-state index in [1.165, 1.54) is 0 Å². The molecule has 1 aliphatic heterocycles. The summed E-state index contributed by atoms with van der Waals surface area (Å²) in [4.78, 5) is 15.2. The molecule has 0 radical (unpaired) electrons. The minimum Gasteiger partial charge on any atom is -0.453 e. The van der Waals surface area contributed by atoms with Crippen molar-refractivity contribution in [1.29, 1.82) is 0 Å². The van der Waals surface area contributed by atoms with E-state index in [4.69, 9.17) is 9.15 Å². The molecule has 0 fully saturated rings. The molecule has 0 saturated carbocycles. The Balaban J connectivity index is 1.19. The van der Waals surface area contributed by atoms with Crippen LogP contribution in [0, 0.1) is 0 Å². The molecule has 0 saturated heterocycles. The number of hydrogen-bond acceptors (Lipinski definition) is 4. The Bertz CT molecular complexity index is 2410. The van der Waals surface area contributed by atoms with Gasteiger partial charge >= 0.3 is 5.63 Å². The number of benzene rings is 7. The molecule has 0 aliphatic carbocycles. The molecule has 1 aliphatic rings. The number of anilines is 3. The third-order valence-corrected chi connectivity index (χ3v) is 8.92. The lowest BCUT2D eigenvalue weighted by molar-refractivity contribution is 0.477. The van der Waals surface area contributed by atoms with Crippen LogP contribution in [0.25, 0.3) is 55.1 Å². The van der Waals surface area contributed by atoms with E-state index in [0.29, 0.717) is 11.0 Å². The molecule has 222 valence electrons. The predicted octanol–water partition coefficient (Wildman–Crippen LogP) is 11.5. The number of ether oxygens (including phenoxy) is 1. The number of fused-ring (bicyclic) bond motifs is 5. The molecule has 8 aromatic rings. The van der Waals surface area contributed by atoms with Gasteiger partial charge in [0, 0.05) is 16.5 Å². The second kappa shape index (κ2) is 10.9. The van der Waals surface area contributed by atoms with Crippen LogP contribution in [0.5, 0.6) is 11.5 Å². The Kier molecular flexibility index (Phi) is 6.25. The van der Waals surface area contributed by atoms with E-state index in [-0.39, 0.29) is 5.63 Å². The Morgan fingerprint density at radius 1 is 0.447 bits per heavy atom. The van der Waals surface area contributed by atoms with Crippen molar-refractivity contribution >= 4 is 38.8 Å². The minimum atomic E-state index is -0.330. The fraction of sp³-hybridized carbons (Fsp3) is 0. The lowest BCUT2D eigenvalue weighted by Gasteiger charge is -2.33. The van der Waals surface area contributed by atoms with Crippen LogP contribution in [0.3, 0.4) is 0 Å². The van der Waals surface area contributed by atoms with Gasteiger partial charge in [-0.15, -0.1) is 0 Å². The summed E-state index contributed by atoms with van der Waals surface area (Å²) in [6.45, 7) is 0. The molecular weight excluding hydrogens is 578 g/mol. The van der Waals surface area contributed by atoms with Gasteiger partial charge in [0.15, 0.2) is 11.5 Å². The predicted molar refractivity (Wildman–Crippen MR) is 191 cm³/mol. The Morgan fingerprint density at radius 2 is 1.00 bits per heavy atom. The standard InChI is InChI=1S/C43H27NO3/c45-43-36-16-9-15-34(42(36)35-14-7-8-17-39(35)47-43)30-18-22-33(23-19-30)44-37-24-20-31(28-10-3-1-4-11-28)26-40(37)46-41-27-32(21-25-38(41)44)29-12-5-2-6-13-29/h1-27H. The van der Waals surface area contributed by atoms with Gasteiger partial charge in [-0.2, -0.15) is 0 Å². The van der Waals surface area contributed by atoms with E-state index >= 15 is 0 Å². The smallest absolute Gasteiger partial charge is 0.344 e. The zero-order chi connectivity index (χ0) is 31.3. The van der Waals surface area contributed by atoms with Crippen LogP contribution in [0.1, 0.15) is 0 Å². The van der Waals surface area contributed by atoms with Crippen molar-refractivity contribution in [2.75, 3.05) is 4.90 Å². The molecule has 47 heavy (non-hydrogen) atoms. The summed E-state index contributed by atoms with van der Waals surface area (Å²) in [6.07, 6.45) is 0. The number of rotatable bonds is 4. The Labute approximate surface area is 271 Å². The van der Waals surface area contributed by atoms with Crippen LogP contribution in [0.4, 0.5) is 17.1 Å². The van der Waals surface area contributed by atoms with Gasteiger partial charge < -0.3 is 14.1 Å². The van der Waals surface area contributed by atoms with Crippen LogP contribution < -0.4 is 15.3 Å². The van der Waals surface area contributed by atoms with E-state index in [0.717, 1.165) is 72.7 Å². The van der Waals surface area contributed by atoms with E-state index < -0.39 is 0 Å². The maximum atomic E-state index is 12.9. The summed E-state index contributed by atoms with van der Waals surface area (Å²) in [5, 5.41) is 2.39. The van der Waals surface area contributed by atoms with Gasteiger partial charge in [0.2, 0.25) is 0 Å². The maximum Gasteiger partial charge on any atom is 0.344 e. The highest BCUT2D eigenvalue weighted by Gasteiger charge is 2.27. The van der Waals surface area contributed by atoms with E-state index in [1.807, 2.05) is 48.5 Å². The first-order valence-corrected chi connectivity index (χ1v) is 15.6. The molecule has 1 aromatic heterocycles. The van der Waals surface area contributed by atoms with Gasteiger partial charge in [-0.1, -0.05) is 115 Å². The first-order valence-electron chi connectivity index (χ1n) is 15.6. The van der Waals surface area contributed by atoms with Gasteiger partial charge in [-0.25, -0.2) is 4.79 Å². The molecule has 0 bridgehead atoms. The average molecular weight is 606 g/mol. The Hall–Kier alpha value is -6.39. The average Bonchev–Trinajstić information content (AvgIpc) is 3.14. The number of hydrogen-bond donors (Lipinski definition) is 0. The molecule has 7 aromatic carbocycles. The van der Waals surface area contributed by atoms with Crippen LogP contribution in [-0.2, 0) is 0 Å². The van der Waals surface area contributed by atoms with E-state index in [9.17, 15) is 4.79 Å². The monoisotopic (exact) mass is 605 g/mol. The lowest BCUT2D eigenvalue weighted by atomic mass is 9.96. The molecule has 2 heterocycles. The first-order chi connectivity index (χ1) is 23.2. The zero-order valence-electron chi connectivity index (χ0n) is 25.3. The highest BCUT2D eigenvalue weighted by Crippen LogP contribution is 2.52. The number of nitrogens with zero attached hydrogens (tertiary/aromatic N) is 1. The summed E-state index contributed by atoms with van der Waals surface area (Å²) in [6, 6.07) is 55.6. The van der Waals surface area contributed by atoms with Crippen molar-refractivity contribution in [2.24, 2.45) is 0 Å². The van der Waals surface area contributed by atoms with Gasteiger partial charge in [-0.3, -0.25) is 0 Å². The van der Waals surface area contributed by atoms with Gasteiger partial charge in [0.05, 0.1) is 16.8 Å². The van der Waals surface area contributed by atoms with Crippen molar-refractivity contribution in [3.63, 3.8) is 0 Å². The molecule has 0 unspecified atom stereocenters. The topological polar surface area (TPSA) is 42.7 Å². The van der Waals surface area contributed by atoms with Gasteiger partial charge in [-0.05, 0) is 81.9 Å². The quantitative estimate of drug-likeness (QED) is 0.148. The van der Waals surface area contributed by atoms with Crippen molar-refractivity contribution in [2.45, 2.75) is 0 Å². The van der Waals surface area contributed by atoms with Gasteiger partial charge in [0.25, 0.3) is 0 Å². The van der Waals surface area contributed by atoms with Gasteiger partial charge in [0.1, 0.15) is 5.58 Å². The molecule has 0 N–H and O–H groups in total. The molecule has 0 spiro atoms. The third kappa shape index (κ3) is 4.58. The van der Waals surface area contributed by atoms with Crippen LogP contribution in [-0.4, -0.2) is 0 Å². The van der Waals surface area contributed by atoms with E-state index in [2.05, 4.69) is 120 Å². The third-order valence-electron chi connectivity index (χ3n) is 8.92. The van der Waals surface area contributed by atoms with Crippen LogP contribution in [0.15, 0.2) is 173 Å². The summed E-state index contributed by atoms with van der Waals surface area (Å²) >= 11 is 0. The molecule has 0 atom stereocenters. The van der Waals surface area contributed by atoms with Crippen LogP contribution in [0.2, 0.25) is 0 Å². The molecule has 4 nitrogen and oxygen atoms in total.